The molecule has 5 heteroatoms. The van der Waals surface area contributed by atoms with Crippen LogP contribution >= 0.6 is 38.9 Å². The Morgan fingerprint density at radius 3 is 2.81 bits per heavy atom. The van der Waals surface area contributed by atoms with Crippen molar-refractivity contribution in [3.63, 3.8) is 0 Å². The van der Waals surface area contributed by atoms with Gasteiger partial charge in [-0.2, -0.15) is 0 Å². The minimum atomic E-state index is 0.352. The number of benzene rings is 1. The zero-order chi connectivity index (χ0) is 15.1. The van der Waals surface area contributed by atoms with Gasteiger partial charge >= 0.3 is 0 Å². The predicted molar refractivity (Wildman–Crippen MR) is 94.7 cm³/mol. The van der Waals surface area contributed by atoms with Gasteiger partial charge in [-0.05, 0) is 45.4 Å². The predicted octanol–water partition coefficient (Wildman–Crippen LogP) is 4.73. The Morgan fingerprint density at radius 2 is 2.14 bits per heavy atom. The van der Waals surface area contributed by atoms with Crippen molar-refractivity contribution >= 4 is 38.9 Å². The molecule has 2 nitrogen and oxygen atoms in total. The maximum absolute atomic E-state index is 6.38. The lowest BCUT2D eigenvalue weighted by Gasteiger charge is -2.19. The summed E-state index contributed by atoms with van der Waals surface area (Å²) in [6.45, 7) is 2.46. The molecule has 0 bridgehead atoms. The quantitative estimate of drug-likeness (QED) is 0.660. The fraction of sp³-hybridized carbons (Fsp3) is 0.375. The van der Waals surface area contributed by atoms with Crippen molar-refractivity contribution in [3.05, 3.63) is 55.6 Å². The molecule has 0 aliphatic heterocycles. The van der Waals surface area contributed by atoms with Gasteiger partial charge in [0.15, 0.2) is 0 Å². The average molecular weight is 389 g/mol. The monoisotopic (exact) mass is 387 g/mol. The van der Waals surface area contributed by atoms with Gasteiger partial charge in [0.1, 0.15) is 0 Å². The van der Waals surface area contributed by atoms with E-state index in [1.165, 1.54) is 14.9 Å². The van der Waals surface area contributed by atoms with Gasteiger partial charge in [0, 0.05) is 40.5 Å². The standard InChI is InChI=1S/C16H19BrClNOS/c1-20-8-7-19-11-12(10-16-14(17)6-9-21-16)13-4-2-3-5-15(13)18/h2-6,9,12,19H,7-8,10-11H2,1H3. The largest absolute Gasteiger partial charge is 0.383 e. The van der Waals surface area contributed by atoms with Crippen LogP contribution in [0.2, 0.25) is 5.02 Å². The highest BCUT2D eigenvalue weighted by Gasteiger charge is 2.17. The van der Waals surface area contributed by atoms with E-state index in [4.69, 9.17) is 16.3 Å². The second-order valence-electron chi connectivity index (χ2n) is 4.81. The number of hydrogen-bond acceptors (Lipinski definition) is 3. The van der Waals surface area contributed by atoms with Crippen LogP contribution in [0.25, 0.3) is 0 Å². The van der Waals surface area contributed by atoms with Crippen LogP contribution in [0.4, 0.5) is 0 Å². The average Bonchev–Trinajstić information content (AvgIpc) is 2.88. The smallest absolute Gasteiger partial charge is 0.0587 e. The van der Waals surface area contributed by atoms with Crippen LogP contribution in [-0.4, -0.2) is 26.8 Å². The lowest BCUT2D eigenvalue weighted by Crippen LogP contribution is -2.26. The van der Waals surface area contributed by atoms with Gasteiger partial charge in [-0.25, -0.2) is 0 Å². The maximum atomic E-state index is 6.38. The molecule has 114 valence electrons. The third-order valence-electron chi connectivity index (χ3n) is 3.34. The molecule has 1 heterocycles. The zero-order valence-electron chi connectivity index (χ0n) is 11.9. The molecule has 1 aromatic heterocycles. The Balaban J connectivity index is 2.10. The summed E-state index contributed by atoms with van der Waals surface area (Å²) in [6, 6.07) is 10.2. The summed E-state index contributed by atoms with van der Waals surface area (Å²) in [7, 11) is 1.72. The molecule has 0 radical (unpaired) electrons. The van der Waals surface area contributed by atoms with Crippen molar-refractivity contribution in [3.8, 4) is 0 Å². The van der Waals surface area contributed by atoms with Crippen LogP contribution in [0.15, 0.2) is 40.2 Å². The molecule has 2 aromatic rings. The third-order valence-corrected chi connectivity index (χ3v) is 5.63. The molecule has 0 amide bonds. The third kappa shape index (κ3) is 5.08. The van der Waals surface area contributed by atoms with E-state index < -0.39 is 0 Å². The highest BCUT2D eigenvalue weighted by atomic mass is 79.9. The highest BCUT2D eigenvalue weighted by Crippen LogP contribution is 2.32. The van der Waals surface area contributed by atoms with Crippen LogP contribution in [0.5, 0.6) is 0 Å². The number of rotatable bonds is 8. The molecule has 1 N–H and O–H groups in total. The Morgan fingerprint density at radius 1 is 1.33 bits per heavy atom. The van der Waals surface area contributed by atoms with E-state index in [2.05, 4.69) is 38.8 Å². The highest BCUT2D eigenvalue weighted by molar-refractivity contribution is 9.10. The van der Waals surface area contributed by atoms with E-state index >= 15 is 0 Å². The lowest BCUT2D eigenvalue weighted by molar-refractivity contribution is 0.199. The van der Waals surface area contributed by atoms with E-state index in [9.17, 15) is 0 Å². The Hall–Kier alpha value is -0.390. The molecule has 0 saturated carbocycles. The van der Waals surface area contributed by atoms with Crippen molar-refractivity contribution in [1.29, 1.82) is 0 Å². The summed E-state index contributed by atoms with van der Waals surface area (Å²) in [5.41, 5.74) is 1.20. The van der Waals surface area contributed by atoms with Crippen LogP contribution in [0.1, 0.15) is 16.4 Å². The number of hydrogen-bond donors (Lipinski definition) is 1. The second kappa shape index (κ2) is 8.91. The molecule has 0 aliphatic carbocycles. The van der Waals surface area contributed by atoms with Gasteiger partial charge in [0.05, 0.1) is 6.61 Å². The summed E-state index contributed by atoms with van der Waals surface area (Å²) in [5.74, 6) is 0.352. The van der Waals surface area contributed by atoms with Crippen molar-refractivity contribution in [1.82, 2.24) is 5.32 Å². The molecule has 1 atom stereocenters. The molecule has 2 rings (SSSR count). The van der Waals surface area contributed by atoms with E-state index in [0.29, 0.717) is 5.92 Å². The molecule has 1 unspecified atom stereocenters. The van der Waals surface area contributed by atoms with E-state index in [1.807, 2.05) is 18.2 Å². The minimum Gasteiger partial charge on any atom is -0.383 e. The van der Waals surface area contributed by atoms with Crippen LogP contribution in [0, 0.1) is 0 Å². The van der Waals surface area contributed by atoms with Crippen LogP contribution in [-0.2, 0) is 11.2 Å². The van der Waals surface area contributed by atoms with E-state index in [0.717, 1.165) is 31.1 Å². The minimum absolute atomic E-state index is 0.352. The fourth-order valence-electron chi connectivity index (χ4n) is 2.24. The van der Waals surface area contributed by atoms with Crippen LogP contribution < -0.4 is 5.32 Å². The number of halogens is 2. The first-order valence-corrected chi connectivity index (χ1v) is 8.93. The summed E-state index contributed by atoms with van der Waals surface area (Å²) >= 11 is 11.8. The Labute approximate surface area is 143 Å². The van der Waals surface area contributed by atoms with Crippen molar-refractivity contribution < 1.29 is 4.74 Å². The molecule has 0 aliphatic rings. The molecule has 0 saturated heterocycles. The summed E-state index contributed by atoms with van der Waals surface area (Å²) < 4.78 is 6.27. The molecular formula is C16H19BrClNOS. The first-order chi connectivity index (χ1) is 10.2. The van der Waals surface area contributed by atoms with Gasteiger partial charge in [-0.3, -0.25) is 0 Å². The summed E-state index contributed by atoms with van der Waals surface area (Å²) in [5, 5.41) is 6.40. The zero-order valence-corrected chi connectivity index (χ0v) is 15.1. The maximum Gasteiger partial charge on any atom is 0.0587 e. The van der Waals surface area contributed by atoms with E-state index in [1.54, 1.807) is 18.4 Å². The van der Waals surface area contributed by atoms with Gasteiger partial charge in [0.25, 0.3) is 0 Å². The van der Waals surface area contributed by atoms with Gasteiger partial charge in [0.2, 0.25) is 0 Å². The number of ether oxygens (including phenoxy) is 1. The van der Waals surface area contributed by atoms with Gasteiger partial charge in [-0.1, -0.05) is 29.8 Å². The Kier molecular flexibility index (Phi) is 7.20. The van der Waals surface area contributed by atoms with Crippen molar-refractivity contribution in [2.24, 2.45) is 0 Å². The second-order valence-corrected chi connectivity index (χ2v) is 7.07. The first-order valence-electron chi connectivity index (χ1n) is 6.88. The molecule has 21 heavy (non-hydrogen) atoms. The summed E-state index contributed by atoms with van der Waals surface area (Å²) in [6.07, 6.45) is 0.974. The van der Waals surface area contributed by atoms with E-state index in [-0.39, 0.29) is 0 Å². The number of methoxy groups -OCH3 is 1. The number of thiophene rings is 1. The van der Waals surface area contributed by atoms with Crippen LogP contribution in [0.3, 0.4) is 0 Å². The molecular weight excluding hydrogens is 370 g/mol. The molecule has 1 aromatic carbocycles. The molecule has 0 fully saturated rings. The van der Waals surface area contributed by atoms with Crippen molar-refractivity contribution in [2.45, 2.75) is 12.3 Å². The van der Waals surface area contributed by atoms with Gasteiger partial charge < -0.3 is 10.1 Å². The summed E-state index contributed by atoms with van der Waals surface area (Å²) in [4.78, 5) is 1.36. The topological polar surface area (TPSA) is 21.3 Å². The first kappa shape index (κ1) is 17.0. The lowest BCUT2D eigenvalue weighted by atomic mass is 9.95. The van der Waals surface area contributed by atoms with Gasteiger partial charge in [-0.15, -0.1) is 11.3 Å². The van der Waals surface area contributed by atoms with Crippen molar-refractivity contribution in [2.75, 3.05) is 26.8 Å². The number of nitrogens with one attached hydrogen (secondary N) is 1. The molecule has 0 spiro atoms. The SMILES string of the molecule is COCCNCC(Cc1sccc1Br)c1ccccc1Cl. The fourth-order valence-corrected chi connectivity index (χ4v) is 4.13. The normalized spacial score (nSPS) is 12.5. The Bertz CT molecular complexity index is 561.